The van der Waals surface area contributed by atoms with Gasteiger partial charge in [-0.25, -0.2) is 15.1 Å². The van der Waals surface area contributed by atoms with Crippen molar-refractivity contribution in [1.29, 1.82) is 0 Å². The van der Waals surface area contributed by atoms with E-state index in [9.17, 15) is 19.7 Å². The Morgan fingerprint density at radius 1 is 1.24 bits per heavy atom. The second-order valence-electron chi connectivity index (χ2n) is 13.3. The maximum Gasteiger partial charge on any atom is 0.481 e. The van der Waals surface area contributed by atoms with Crippen molar-refractivity contribution in [1.82, 2.24) is 10.7 Å². The highest BCUT2D eigenvalue weighted by Gasteiger charge is 2.68. The molecule has 0 aromatic heterocycles. The number of nitrogens with two attached hydrogens (primary N) is 1. The molecule has 41 heavy (non-hydrogen) atoms. The predicted molar refractivity (Wildman–Crippen MR) is 159 cm³/mol. The number of carbonyl (C=O) groups is 2. The second-order valence-corrected chi connectivity index (χ2v) is 13.3. The first kappa shape index (κ1) is 33.0. The molecule has 1 amide bonds. The minimum absolute atomic E-state index is 0.0116. The average Bonchev–Trinajstić information content (AvgIpc) is 3.24. The molecule has 6 atom stereocenters. The molecule has 3 saturated carbocycles. The van der Waals surface area contributed by atoms with Crippen LogP contribution in [0.15, 0.2) is 17.1 Å². The molecule has 0 aromatic rings. The number of hydrazine groups is 1. The molecule has 4 rings (SSSR count). The van der Waals surface area contributed by atoms with E-state index in [2.05, 4.69) is 51.9 Å². The zero-order chi connectivity index (χ0) is 30.4. The maximum atomic E-state index is 13.7. The molecule has 0 spiro atoms. The molecule has 3 aliphatic carbocycles. The molecule has 0 radical (unpaired) electrons. The van der Waals surface area contributed by atoms with Crippen LogP contribution < -0.4 is 16.5 Å². The van der Waals surface area contributed by atoms with Gasteiger partial charge in [-0.3, -0.25) is 9.59 Å². The monoisotopic (exact) mass is 575 g/mol. The zero-order valence-corrected chi connectivity index (χ0v) is 25.7. The third-order valence-corrected chi connectivity index (χ3v) is 9.40. The summed E-state index contributed by atoms with van der Waals surface area (Å²) in [7, 11) is -0.547. The molecule has 4 N–H and O–H groups in total. The van der Waals surface area contributed by atoms with Crippen molar-refractivity contribution >= 4 is 24.8 Å². The van der Waals surface area contributed by atoms with E-state index in [4.69, 9.17) is 15.0 Å². The van der Waals surface area contributed by atoms with Crippen LogP contribution in [0.25, 0.3) is 0 Å². The van der Waals surface area contributed by atoms with Gasteiger partial charge in [0.15, 0.2) is 10.8 Å². The van der Waals surface area contributed by atoms with Crippen LogP contribution in [-0.2, 0) is 18.9 Å². The minimum atomic E-state index is -0.776. The molecule has 230 valence electrons. The fourth-order valence-corrected chi connectivity index (χ4v) is 6.96. The highest BCUT2D eigenvalue weighted by molar-refractivity contribution is 6.47. The second kappa shape index (κ2) is 14.1. The summed E-state index contributed by atoms with van der Waals surface area (Å²) in [6, 6.07) is 0. The Bertz CT molecular complexity index is 1000. The van der Waals surface area contributed by atoms with Gasteiger partial charge in [0.25, 0.3) is 5.96 Å². The van der Waals surface area contributed by atoms with E-state index in [1.807, 2.05) is 11.5 Å². The molecule has 11 nitrogen and oxygen atoms in total. The van der Waals surface area contributed by atoms with Crippen molar-refractivity contribution in [2.45, 2.75) is 117 Å². The van der Waals surface area contributed by atoms with E-state index in [1.54, 1.807) is 6.08 Å². The summed E-state index contributed by atoms with van der Waals surface area (Å²) in [6.07, 6.45) is 10.0. The molecule has 4 aliphatic rings. The van der Waals surface area contributed by atoms with E-state index < -0.39 is 18.1 Å². The smallest absolute Gasteiger partial charge is 0.404 e. The number of hydrogen-bond donors (Lipinski definition) is 3. The molecule has 4 fully saturated rings. The Hall–Kier alpha value is -2.47. The van der Waals surface area contributed by atoms with E-state index >= 15 is 0 Å². The van der Waals surface area contributed by atoms with Gasteiger partial charge >= 0.3 is 7.12 Å². The molecule has 0 unspecified atom stereocenters. The molecule has 12 heteroatoms. The first-order valence-corrected chi connectivity index (χ1v) is 15.3. The average molecular weight is 576 g/mol. The fraction of sp³-hybridized carbons (Fsp3) is 0.828. The third kappa shape index (κ3) is 8.31. The van der Waals surface area contributed by atoms with Gasteiger partial charge < -0.3 is 20.4 Å². The van der Waals surface area contributed by atoms with Crippen LogP contribution in [0.1, 0.15) is 99.3 Å². The lowest BCUT2D eigenvalue weighted by Gasteiger charge is -2.64. The molecule has 1 heterocycles. The number of aliphatic imine (C=N–C) groups is 1. The van der Waals surface area contributed by atoms with Gasteiger partial charge in [-0.2, -0.15) is 0 Å². The lowest BCUT2D eigenvalue weighted by atomic mass is 9.43. The van der Waals surface area contributed by atoms with Crippen LogP contribution in [0.5, 0.6) is 0 Å². The highest BCUT2D eigenvalue weighted by Crippen LogP contribution is 2.65. The molecular weight excluding hydrogens is 525 g/mol. The summed E-state index contributed by atoms with van der Waals surface area (Å²) >= 11 is 0. The summed E-state index contributed by atoms with van der Waals surface area (Å²) in [5, 5.41) is 13.0. The molecule has 1 aliphatic heterocycles. The quantitative estimate of drug-likeness (QED) is 0.0474. The van der Waals surface area contributed by atoms with Crippen molar-refractivity contribution < 1.29 is 23.9 Å². The normalized spacial score (nSPS) is 28.2. The Morgan fingerprint density at radius 2 is 1.98 bits per heavy atom. The standard InChI is InChI=1S/C29H50BN5O6/c1-7-8-9-10-13-22(36)16-20(12-11-14-32-27(31)34-35(38)39)26(37)33-25(15-19(2)3)30-40-24-18-21-17-23(28(21,4)5)29(24,6)41-30/h10,13,19-21,23-25H,7-9,11-12,14-18H2,1-6H3,(H,33,37)(H3,31,32,34)/b13-10+/t20-,21+,23+,24-,25+,29+/m1/s1. The summed E-state index contributed by atoms with van der Waals surface area (Å²) in [4.78, 5) is 41.0. The topological polar surface area (TPSA) is 158 Å². The minimum Gasteiger partial charge on any atom is -0.404 e. The van der Waals surface area contributed by atoms with Crippen molar-refractivity contribution in [2.24, 2.45) is 39.8 Å². The number of amides is 1. The van der Waals surface area contributed by atoms with Crippen molar-refractivity contribution in [3.63, 3.8) is 0 Å². The van der Waals surface area contributed by atoms with Gasteiger partial charge in [0.1, 0.15) is 0 Å². The van der Waals surface area contributed by atoms with Crippen LogP contribution in [0.2, 0.25) is 0 Å². The third-order valence-electron chi connectivity index (χ3n) is 9.40. The summed E-state index contributed by atoms with van der Waals surface area (Å²) in [5.41, 5.74) is 7.16. The van der Waals surface area contributed by atoms with Crippen LogP contribution in [0, 0.1) is 39.2 Å². The first-order valence-electron chi connectivity index (χ1n) is 15.3. The zero-order valence-electron chi connectivity index (χ0n) is 25.7. The number of ketones is 1. The Balaban J connectivity index is 1.69. The van der Waals surface area contributed by atoms with Crippen molar-refractivity contribution in [3.05, 3.63) is 22.3 Å². The Morgan fingerprint density at radius 3 is 2.61 bits per heavy atom. The van der Waals surface area contributed by atoms with E-state index in [-0.39, 0.29) is 53.7 Å². The molecule has 1 saturated heterocycles. The summed E-state index contributed by atoms with van der Waals surface area (Å²) in [5.74, 6) is -0.210. The molecule has 0 aromatic carbocycles. The van der Waals surface area contributed by atoms with Crippen LogP contribution in [0.4, 0.5) is 0 Å². The largest absolute Gasteiger partial charge is 0.481 e. The number of carbonyl (C=O) groups excluding carboxylic acids is 2. The van der Waals surface area contributed by atoms with Gasteiger partial charge in [0, 0.05) is 18.9 Å². The number of guanidine groups is 1. The number of rotatable bonds is 16. The first-order chi connectivity index (χ1) is 19.3. The van der Waals surface area contributed by atoms with Crippen LogP contribution >= 0.6 is 0 Å². The number of allylic oxidation sites excluding steroid dienone is 2. The Labute approximate surface area is 245 Å². The number of nitrogens with zero attached hydrogens (tertiary/aromatic N) is 2. The fourth-order valence-electron chi connectivity index (χ4n) is 6.96. The lowest BCUT2D eigenvalue weighted by molar-refractivity contribution is -0.525. The predicted octanol–water partition coefficient (Wildman–Crippen LogP) is 3.98. The van der Waals surface area contributed by atoms with Crippen LogP contribution in [-0.4, -0.2) is 54.0 Å². The van der Waals surface area contributed by atoms with Crippen molar-refractivity contribution in [3.8, 4) is 0 Å². The van der Waals surface area contributed by atoms with Gasteiger partial charge in [-0.05, 0) is 74.7 Å². The SMILES string of the molecule is CCCC/C=C/C(=O)C[C@@H](CCCN=C(N)N[N+](=O)[O-])C(=O)N[C@@H](CC(C)C)B1O[C@@H]2C[C@@H]3C[C@@H](C3(C)C)[C@]2(C)O1. The molecular formula is C29H50BN5O6. The van der Waals surface area contributed by atoms with Crippen molar-refractivity contribution in [2.75, 3.05) is 6.54 Å². The Kier molecular flexibility index (Phi) is 11.4. The summed E-state index contributed by atoms with van der Waals surface area (Å²) in [6.45, 7) is 13.3. The van der Waals surface area contributed by atoms with E-state index in [0.717, 1.165) is 32.1 Å². The maximum absolute atomic E-state index is 13.7. The van der Waals surface area contributed by atoms with Gasteiger partial charge in [-0.15, -0.1) is 0 Å². The van der Waals surface area contributed by atoms with Gasteiger partial charge in [-0.1, -0.05) is 59.0 Å². The summed E-state index contributed by atoms with van der Waals surface area (Å²) < 4.78 is 13.2. The van der Waals surface area contributed by atoms with Crippen LogP contribution in [0.3, 0.4) is 0 Å². The lowest BCUT2D eigenvalue weighted by Crippen LogP contribution is -2.65. The molecule has 2 bridgehead atoms. The number of nitrogens with one attached hydrogen (secondary N) is 2. The van der Waals surface area contributed by atoms with E-state index in [0.29, 0.717) is 37.0 Å². The van der Waals surface area contributed by atoms with Gasteiger partial charge in [0.2, 0.25) is 5.91 Å². The van der Waals surface area contributed by atoms with E-state index in [1.165, 1.54) is 0 Å². The number of hydrogen-bond acceptors (Lipinski definition) is 7. The van der Waals surface area contributed by atoms with Gasteiger partial charge in [0.05, 0.1) is 17.6 Å². The number of unbranched alkanes of at least 4 members (excludes halogenated alkanes) is 2. The highest BCUT2D eigenvalue weighted by atomic mass is 16.7. The number of nitro groups is 1.